The molecule has 1 saturated heterocycles. The number of carbonyl (C=O) groups is 3. The molecule has 0 spiro atoms. The molecule has 0 radical (unpaired) electrons. The number of likely N-dealkylation sites (tertiary alicyclic amines) is 1. The highest BCUT2D eigenvalue weighted by atomic mass is 32.2. The molecule has 2 rings (SSSR count). The number of hydrogen-bond acceptors (Lipinski definition) is 6. The van der Waals surface area contributed by atoms with Crippen LogP contribution in [0, 0.1) is 0 Å². The third-order valence-corrected chi connectivity index (χ3v) is 6.07. The van der Waals surface area contributed by atoms with Crippen molar-refractivity contribution in [3.8, 4) is 5.75 Å². The van der Waals surface area contributed by atoms with E-state index in [-0.39, 0.29) is 31.8 Å². The van der Waals surface area contributed by atoms with Gasteiger partial charge in [-0.3, -0.25) is 14.4 Å². The Labute approximate surface area is 164 Å². The number of nitrogens with zero attached hydrogens (tertiary/aromatic N) is 1. The average Bonchev–Trinajstić information content (AvgIpc) is 3.10. The Kier molecular flexibility index (Phi) is 7.38. The van der Waals surface area contributed by atoms with Gasteiger partial charge >= 0.3 is 0 Å². The lowest BCUT2D eigenvalue weighted by molar-refractivity contribution is -0.137. The molecule has 28 heavy (non-hydrogen) atoms. The molecule has 0 saturated carbocycles. The van der Waals surface area contributed by atoms with Crippen molar-refractivity contribution < 1.29 is 27.5 Å². The SMILES string of the molecule is CS(=O)(=O)C1CC(C(N)=O)N(C(=O)CNC(=O)CCCOc2ccccc2)C1. The van der Waals surface area contributed by atoms with Crippen LogP contribution in [0.2, 0.25) is 0 Å². The van der Waals surface area contributed by atoms with Gasteiger partial charge in [0.25, 0.3) is 0 Å². The molecule has 3 amide bonds. The summed E-state index contributed by atoms with van der Waals surface area (Å²) in [7, 11) is -3.41. The maximum absolute atomic E-state index is 12.3. The van der Waals surface area contributed by atoms with Crippen molar-refractivity contribution in [1.82, 2.24) is 10.2 Å². The topological polar surface area (TPSA) is 136 Å². The minimum Gasteiger partial charge on any atom is -0.494 e. The van der Waals surface area contributed by atoms with Gasteiger partial charge in [-0.2, -0.15) is 0 Å². The molecule has 1 aliphatic rings. The van der Waals surface area contributed by atoms with Crippen LogP contribution in [-0.2, 0) is 24.2 Å². The summed E-state index contributed by atoms with van der Waals surface area (Å²) in [5, 5.41) is 1.65. The van der Waals surface area contributed by atoms with Gasteiger partial charge in [0, 0.05) is 19.2 Å². The molecule has 154 valence electrons. The summed E-state index contributed by atoms with van der Waals surface area (Å²) in [6.07, 6.45) is 1.68. The second-order valence-corrected chi connectivity index (χ2v) is 9.02. The normalized spacial score (nSPS) is 19.2. The highest BCUT2D eigenvalue weighted by Crippen LogP contribution is 2.22. The lowest BCUT2D eigenvalue weighted by atomic mass is 10.2. The minimum atomic E-state index is -3.41. The Balaban J connectivity index is 1.75. The number of para-hydroxylation sites is 1. The number of nitrogens with two attached hydrogens (primary N) is 1. The van der Waals surface area contributed by atoms with Gasteiger partial charge in [-0.15, -0.1) is 0 Å². The molecule has 2 atom stereocenters. The van der Waals surface area contributed by atoms with Gasteiger partial charge in [0.1, 0.15) is 11.8 Å². The number of carbonyl (C=O) groups excluding carboxylic acids is 3. The van der Waals surface area contributed by atoms with E-state index in [1.165, 1.54) is 0 Å². The fourth-order valence-electron chi connectivity index (χ4n) is 2.96. The monoisotopic (exact) mass is 411 g/mol. The van der Waals surface area contributed by atoms with E-state index in [9.17, 15) is 22.8 Å². The molecule has 3 N–H and O–H groups in total. The zero-order valence-electron chi connectivity index (χ0n) is 15.7. The number of primary amides is 1. The highest BCUT2D eigenvalue weighted by Gasteiger charge is 2.42. The summed E-state index contributed by atoms with van der Waals surface area (Å²) < 4.78 is 28.9. The minimum absolute atomic E-state index is 0.0231. The Morgan fingerprint density at radius 2 is 1.93 bits per heavy atom. The van der Waals surface area contributed by atoms with Crippen LogP contribution >= 0.6 is 0 Å². The molecular weight excluding hydrogens is 386 g/mol. The van der Waals surface area contributed by atoms with Gasteiger partial charge < -0.3 is 20.7 Å². The number of hydrogen-bond donors (Lipinski definition) is 2. The third kappa shape index (κ3) is 6.22. The maximum atomic E-state index is 12.3. The van der Waals surface area contributed by atoms with E-state index in [0.29, 0.717) is 18.8 Å². The zero-order valence-corrected chi connectivity index (χ0v) is 16.5. The third-order valence-electron chi connectivity index (χ3n) is 4.51. The molecule has 1 heterocycles. The van der Waals surface area contributed by atoms with Gasteiger partial charge in [0.15, 0.2) is 9.84 Å². The van der Waals surface area contributed by atoms with Crippen molar-refractivity contribution in [3.63, 3.8) is 0 Å². The van der Waals surface area contributed by atoms with Crippen LogP contribution in [0.25, 0.3) is 0 Å². The lowest BCUT2D eigenvalue weighted by Crippen LogP contribution is -2.47. The molecule has 1 aliphatic heterocycles. The maximum Gasteiger partial charge on any atom is 0.242 e. The molecule has 2 unspecified atom stereocenters. The Morgan fingerprint density at radius 1 is 1.25 bits per heavy atom. The second-order valence-electron chi connectivity index (χ2n) is 6.69. The summed E-state index contributed by atoms with van der Waals surface area (Å²) in [6.45, 7) is -0.0675. The van der Waals surface area contributed by atoms with Crippen LogP contribution in [0.15, 0.2) is 30.3 Å². The van der Waals surface area contributed by atoms with Crippen molar-refractivity contribution in [2.45, 2.75) is 30.6 Å². The lowest BCUT2D eigenvalue weighted by Gasteiger charge is -2.22. The quantitative estimate of drug-likeness (QED) is 0.524. The molecule has 1 aromatic carbocycles. The van der Waals surface area contributed by atoms with Crippen LogP contribution in [0.3, 0.4) is 0 Å². The summed E-state index contributed by atoms with van der Waals surface area (Å²) in [6, 6.07) is 8.21. The summed E-state index contributed by atoms with van der Waals surface area (Å²) in [4.78, 5) is 36.9. The summed E-state index contributed by atoms with van der Waals surface area (Å²) >= 11 is 0. The van der Waals surface area contributed by atoms with E-state index >= 15 is 0 Å². The van der Waals surface area contributed by atoms with E-state index in [4.69, 9.17) is 10.5 Å². The number of amides is 3. The summed E-state index contributed by atoms with van der Waals surface area (Å²) in [5.41, 5.74) is 5.29. The van der Waals surface area contributed by atoms with E-state index < -0.39 is 32.9 Å². The first kappa shape index (κ1) is 21.7. The predicted octanol–water partition coefficient (Wildman–Crippen LogP) is -0.539. The van der Waals surface area contributed by atoms with Crippen molar-refractivity contribution >= 4 is 27.6 Å². The van der Waals surface area contributed by atoms with Crippen LogP contribution < -0.4 is 15.8 Å². The predicted molar refractivity (Wildman–Crippen MR) is 102 cm³/mol. The Morgan fingerprint density at radius 3 is 2.54 bits per heavy atom. The van der Waals surface area contributed by atoms with Gasteiger partial charge in [0.2, 0.25) is 17.7 Å². The van der Waals surface area contributed by atoms with Gasteiger partial charge in [-0.1, -0.05) is 18.2 Å². The fraction of sp³-hybridized carbons (Fsp3) is 0.500. The first-order chi connectivity index (χ1) is 13.2. The molecule has 0 bridgehead atoms. The molecule has 1 aromatic rings. The van der Waals surface area contributed by atoms with E-state index in [1.54, 1.807) is 0 Å². The highest BCUT2D eigenvalue weighted by molar-refractivity contribution is 7.91. The van der Waals surface area contributed by atoms with E-state index in [1.807, 2.05) is 30.3 Å². The van der Waals surface area contributed by atoms with E-state index in [2.05, 4.69) is 5.32 Å². The first-order valence-corrected chi connectivity index (χ1v) is 10.9. The Bertz CT molecular complexity index is 812. The molecule has 9 nitrogen and oxygen atoms in total. The van der Waals surface area contributed by atoms with Crippen LogP contribution in [0.4, 0.5) is 0 Å². The van der Waals surface area contributed by atoms with Gasteiger partial charge in [0.05, 0.1) is 18.4 Å². The Hall–Kier alpha value is -2.62. The van der Waals surface area contributed by atoms with Crippen LogP contribution in [-0.4, -0.2) is 68.3 Å². The van der Waals surface area contributed by atoms with Crippen molar-refractivity contribution in [2.75, 3.05) is 26.0 Å². The summed E-state index contributed by atoms with van der Waals surface area (Å²) in [5.74, 6) is -0.919. The number of nitrogens with one attached hydrogen (secondary N) is 1. The second kappa shape index (κ2) is 9.54. The smallest absolute Gasteiger partial charge is 0.242 e. The fourth-order valence-corrected chi connectivity index (χ4v) is 3.92. The molecule has 1 fully saturated rings. The van der Waals surface area contributed by atoms with Crippen LogP contribution in [0.5, 0.6) is 5.75 Å². The van der Waals surface area contributed by atoms with Crippen molar-refractivity contribution in [2.24, 2.45) is 5.73 Å². The van der Waals surface area contributed by atoms with Gasteiger partial charge in [-0.25, -0.2) is 8.42 Å². The van der Waals surface area contributed by atoms with Gasteiger partial charge in [-0.05, 0) is 25.0 Å². The average molecular weight is 411 g/mol. The van der Waals surface area contributed by atoms with Crippen molar-refractivity contribution in [1.29, 1.82) is 0 Å². The molecule has 10 heteroatoms. The number of sulfone groups is 1. The molecule has 0 aliphatic carbocycles. The number of ether oxygens (including phenoxy) is 1. The van der Waals surface area contributed by atoms with Crippen molar-refractivity contribution in [3.05, 3.63) is 30.3 Å². The largest absolute Gasteiger partial charge is 0.494 e. The number of benzene rings is 1. The zero-order chi connectivity index (χ0) is 20.7. The molecular formula is C18H25N3O6S. The standard InChI is InChI=1S/C18H25N3O6S/c1-28(25,26)14-10-15(18(19)24)21(12-14)17(23)11-20-16(22)8-5-9-27-13-6-3-2-4-7-13/h2-4,6-7,14-15H,5,8-12H2,1H3,(H2,19,24)(H,20,22). The van der Waals surface area contributed by atoms with E-state index in [0.717, 1.165) is 11.2 Å². The number of rotatable bonds is 9. The first-order valence-electron chi connectivity index (χ1n) is 8.90. The van der Waals surface area contributed by atoms with Crippen LogP contribution in [0.1, 0.15) is 19.3 Å². The molecule has 0 aromatic heterocycles.